The second-order valence-corrected chi connectivity index (χ2v) is 10.8. The molecule has 1 unspecified atom stereocenters. The van der Waals surface area contributed by atoms with Crippen LogP contribution in [0.25, 0.3) is 22.1 Å². The van der Waals surface area contributed by atoms with Crippen molar-refractivity contribution in [2.24, 2.45) is 0 Å². The minimum Gasteiger partial charge on any atom is -0.496 e. The third-order valence-electron chi connectivity index (χ3n) is 6.93. The number of nitrogens with zero attached hydrogens (tertiary/aromatic N) is 2. The zero-order valence-electron chi connectivity index (χ0n) is 22.1. The van der Waals surface area contributed by atoms with E-state index in [1.165, 1.54) is 33.5 Å². The largest absolute Gasteiger partial charge is 0.496 e. The van der Waals surface area contributed by atoms with Crippen molar-refractivity contribution in [3.63, 3.8) is 0 Å². The number of rotatable bonds is 8. The summed E-state index contributed by atoms with van der Waals surface area (Å²) in [4.78, 5) is 13.4. The number of carbonyl (C=O) groups is 1. The maximum Gasteiger partial charge on any atom is 0.298 e. The van der Waals surface area contributed by atoms with Crippen LogP contribution in [0.5, 0.6) is 17.2 Å². The number of carbonyl (C=O) groups excluding carboxylic acids is 1. The molecule has 1 N–H and O–H groups in total. The lowest BCUT2D eigenvalue weighted by molar-refractivity contribution is -0.124. The molecule has 10 nitrogen and oxygen atoms in total. The van der Waals surface area contributed by atoms with Crippen molar-refractivity contribution in [2.75, 3.05) is 39.1 Å². The molecule has 206 valence electrons. The average Bonchev–Trinajstić information content (AvgIpc) is 3.63. The fourth-order valence-corrected chi connectivity index (χ4v) is 6.30. The lowest BCUT2D eigenvalue weighted by Crippen LogP contribution is -2.26. The number of fused-ring (bicyclic) bond motifs is 1. The first kappa shape index (κ1) is 26.9. The fourth-order valence-electron chi connectivity index (χ4n) is 4.97. The molecule has 11 heteroatoms. The monoisotopic (exact) mass is 561 g/mol. The molecule has 0 spiro atoms. The number of likely N-dealkylation sites (tertiary alicyclic amines) is 1. The van der Waals surface area contributed by atoms with Gasteiger partial charge in [0.25, 0.3) is 15.9 Å². The minimum absolute atomic E-state index is 0.0377. The molecule has 0 radical (unpaired) electrons. The van der Waals surface area contributed by atoms with Crippen LogP contribution in [-0.2, 0) is 14.8 Å². The topological polar surface area (TPSA) is 120 Å². The van der Waals surface area contributed by atoms with Crippen molar-refractivity contribution in [3.05, 3.63) is 60.2 Å². The maximum atomic E-state index is 13.4. The van der Waals surface area contributed by atoms with Crippen LogP contribution in [0.1, 0.15) is 17.9 Å². The van der Waals surface area contributed by atoms with Gasteiger partial charge in [0.1, 0.15) is 22.6 Å². The van der Waals surface area contributed by atoms with E-state index in [2.05, 4.69) is 21.9 Å². The van der Waals surface area contributed by atoms with E-state index in [1.807, 2.05) is 18.2 Å². The van der Waals surface area contributed by atoms with Crippen LogP contribution in [0.3, 0.4) is 0 Å². The van der Waals surface area contributed by atoms with E-state index in [-0.39, 0.29) is 34.0 Å². The first-order valence-electron chi connectivity index (χ1n) is 12.4. The Morgan fingerprint density at radius 1 is 1.02 bits per heavy atom. The van der Waals surface area contributed by atoms with Crippen LogP contribution >= 0.6 is 0 Å². The van der Waals surface area contributed by atoms with E-state index in [1.54, 1.807) is 23.1 Å². The highest BCUT2D eigenvalue weighted by Gasteiger charge is 2.29. The Bertz CT molecular complexity index is 1720. The Morgan fingerprint density at radius 3 is 2.40 bits per heavy atom. The summed E-state index contributed by atoms with van der Waals surface area (Å²) in [7, 11) is 0.0386. The van der Waals surface area contributed by atoms with E-state index in [4.69, 9.17) is 25.2 Å². The number of benzene rings is 3. The molecule has 1 amide bonds. The summed E-state index contributed by atoms with van der Waals surface area (Å²) in [6.07, 6.45) is 6.11. The van der Waals surface area contributed by atoms with Gasteiger partial charge >= 0.3 is 0 Å². The average molecular weight is 562 g/mol. The van der Waals surface area contributed by atoms with Gasteiger partial charge < -0.3 is 23.6 Å². The summed E-state index contributed by atoms with van der Waals surface area (Å²) >= 11 is 0. The first-order valence-corrected chi connectivity index (χ1v) is 13.8. The molecule has 0 saturated carbocycles. The Kier molecular flexibility index (Phi) is 7.28. The highest BCUT2D eigenvalue weighted by atomic mass is 32.2. The van der Waals surface area contributed by atoms with Gasteiger partial charge in [0, 0.05) is 19.0 Å². The molecule has 0 aliphatic carbocycles. The van der Waals surface area contributed by atoms with Crippen molar-refractivity contribution >= 4 is 32.7 Å². The molecule has 1 aromatic heterocycles. The van der Waals surface area contributed by atoms with Crippen molar-refractivity contribution in [1.82, 2.24) is 10.1 Å². The SMILES string of the molecule is C#CC(=O)N1CCC(c2cccc(-c3cc(OC)c4c(NS(=O)(=O)c5c(OC)cccc5OC)noc4c3)c2)C1. The molecule has 1 atom stereocenters. The van der Waals surface area contributed by atoms with Crippen molar-refractivity contribution in [3.8, 4) is 40.7 Å². The standard InChI is InChI=1S/C29H27N3O7S/c1-5-26(33)32-13-12-20(17-32)18-8-6-9-19(14-18)21-15-24(38-4)27-25(16-21)39-30-29(27)31-40(34,35)28-22(36-2)10-7-11-23(28)37-3/h1,6-11,14-16,20H,12-13,17H2,2-4H3,(H,30,31). The zero-order valence-corrected chi connectivity index (χ0v) is 22.9. The third kappa shape index (κ3) is 4.89. The summed E-state index contributed by atoms with van der Waals surface area (Å²) in [5.41, 5.74) is 3.10. The molecular formula is C29H27N3O7S. The lowest BCUT2D eigenvalue weighted by Gasteiger charge is -2.15. The summed E-state index contributed by atoms with van der Waals surface area (Å²) in [6.45, 7) is 1.19. The number of hydrogen-bond donors (Lipinski definition) is 1. The second kappa shape index (κ2) is 10.8. The highest BCUT2D eigenvalue weighted by Crippen LogP contribution is 2.40. The Labute approximate surface area is 231 Å². The quantitative estimate of drug-likeness (QED) is 0.317. The third-order valence-corrected chi connectivity index (χ3v) is 8.33. The summed E-state index contributed by atoms with van der Waals surface area (Å²) in [6, 6.07) is 16.2. The van der Waals surface area contributed by atoms with Crippen LogP contribution in [0.2, 0.25) is 0 Å². The number of anilines is 1. The molecule has 2 heterocycles. The number of nitrogens with one attached hydrogen (secondary N) is 1. The van der Waals surface area contributed by atoms with Gasteiger partial charge in [-0.3, -0.25) is 9.52 Å². The number of aromatic nitrogens is 1. The predicted molar refractivity (Wildman–Crippen MR) is 149 cm³/mol. The molecule has 1 saturated heterocycles. The molecule has 4 aromatic rings. The van der Waals surface area contributed by atoms with E-state index >= 15 is 0 Å². The van der Waals surface area contributed by atoms with E-state index < -0.39 is 10.0 Å². The smallest absolute Gasteiger partial charge is 0.298 e. The Hall–Kier alpha value is -4.69. The van der Waals surface area contributed by atoms with Crippen molar-refractivity contribution in [1.29, 1.82) is 0 Å². The summed E-state index contributed by atoms with van der Waals surface area (Å²) in [5, 5.41) is 4.35. The van der Waals surface area contributed by atoms with Gasteiger partial charge in [0.05, 0.1) is 21.3 Å². The van der Waals surface area contributed by atoms with Gasteiger partial charge in [0.2, 0.25) is 0 Å². The normalized spacial score (nSPS) is 15.1. The van der Waals surface area contributed by atoms with Gasteiger partial charge in [-0.1, -0.05) is 35.5 Å². The first-order chi connectivity index (χ1) is 19.3. The second-order valence-electron chi connectivity index (χ2n) is 9.19. The molecule has 3 aromatic carbocycles. The minimum atomic E-state index is -4.19. The molecule has 5 rings (SSSR count). The zero-order chi connectivity index (χ0) is 28.4. The van der Waals surface area contributed by atoms with Crippen LogP contribution in [0.15, 0.2) is 64.0 Å². The van der Waals surface area contributed by atoms with Gasteiger partial charge in [-0.15, -0.1) is 6.42 Å². The maximum absolute atomic E-state index is 13.4. The Morgan fingerprint density at radius 2 is 1.73 bits per heavy atom. The van der Waals surface area contributed by atoms with Crippen LogP contribution in [-0.4, -0.2) is 58.8 Å². The summed E-state index contributed by atoms with van der Waals surface area (Å²) < 4.78 is 51.0. The van der Waals surface area contributed by atoms with E-state index in [0.717, 1.165) is 23.1 Å². The van der Waals surface area contributed by atoms with Crippen LogP contribution in [0, 0.1) is 12.3 Å². The predicted octanol–water partition coefficient (Wildman–Crippen LogP) is 4.27. The number of methoxy groups -OCH3 is 3. The number of hydrogen-bond acceptors (Lipinski definition) is 8. The van der Waals surface area contributed by atoms with E-state index in [9.17, 15) is 13.2 Å². The highest BCUT2D eigenvalue weighted by molar-refractivity contribution is 7.93. The van der Waals surface area contributed by atoms with Gasteiger partial charge in [-0.25, -0.2) is 8.42 Å². The molecule has 1 aliphatic rings. The number of sulfonamides is 1. The number of terminal acetylenes is 1. The number of amides is 1. The molecule has 0 bridgehead atoms. The fraction of sp³-hybridized carbons (Fsp3) is 0.241. The number of ether oxygens (including phenoxy) is 3. The van der Waals surface area contributed by atoms with Gasteiger partial charge in [-0.05, 0) is 53.3 Å². The molecule has 40 heavy (non-hydrogen) atoms. The summed E-state index contributed by atoms with van der Waals surface area (Å²) in [5.74, 6) is 2.62. The molecule has 1 aliphatic heterocycles. The van der Waals surface area contributed by atoms with Crippen LogP contribution < -0.4 is 18.9 Å². The Balaban J connectivity index is 1.49. The van der Waals surface area contributed by atoms with E-state index in [0.29, 0.717) is 29.8 Å². The molecular weight excluding hydrogens is 534 g/mol. The molecule has 1 fully saturated rings. The lowest BCUT2D eigenvalue weighted by atomic mass is 9.94. The van der Waals surface area contributed by atoms with Crippen molar-refractivity contribution < 1.29 is 31.9 Å². The van der Waals surface area contributed by atoms with Gasteiger partial charge in [-0.2, -0.15) is 0 Å². The van der Waals surface area contributed by atoms with Crippen LogP contribution in [0.4, 0.5) is 5.82 Å². The van der Waals surface area contributed by atoms with Crippen molar-refractivity contribution in [2.45, 2.75) is 17.2 Å². The van der Waals surface area contributed by atoms with Gasteiger partial charge in [0.15, 0.2) is 16.3 Å².